The highest BCUT2D eigenvalue weighted by atomic mass is 32.2. The lowest BCUT2D eigenvalue weighted by atomic mass is 9.92. The standard InChI is InChI=1S/C16H28N2O4S/c19-15(17-9-3-4-10-17)16(20)8-5-11-18(13-16)23(21,22)12-14-6-1-2-7-14/h14,20H,1-13H2. The van der Waals surface area contributed by atoms with E-state index in [0.29, 0.717) is 32.5 Å². The molecule has 0 bridgehead atoms. The molecule has 23 heavy (non-hydrogen) atoms. The van der Waals surface area contributed by atoms with Gasteiger partial charge in [0.2, 0.25) is 10.0 Å². The van der Waals surface area contributed by atoms with E-state index in [0.717, 1.165) is 38.5 Å². The summed E-state index contributed by atoms with van der Waals surface area (Å²) in [5.74, 6) is 0.126. The van der Waals surface area contributed by atoms with Crippen LogP contribution in [0.25, 0.3) is 0 Å². The van der Waals surface area contributed by atoms with Crippen LogP contribution in [0.2, 0.25) is 0 Å². The van der Waals surface area contributed by atoms with Crippen LogP contribution in [0.15, 0.2) is 0 Å². The molecular formula is C16H28N2O4S. The van der Waals surface area contributed by atoms with Gasteiger partial charge in [0.25, 0.3) is 5.91 Å². The van der Waals surface area contributed by atoms with Crippen molar-refractivity contribution in [3.63, 3.8) is 0 Å². The number of carbonyl (C=O) groups is 1. The second kappa shape index (κ2) is 6.69. The quantitative estimate of drug-likeness (QED) is 0.824. The number of carbonyl (C=O) groups excluding carboxylic acids is 1. The van der Waals surface area contributed by atoms with Crippen molar-refractivity contribution in [3.8, 4) is 0 Å². The summed E-state index contributed by atoms with van der Waals surface area (Å²) in [4.78, 5) is 14.3. The Balaban J connectivity index is 1.67. The van der Waals surface area contributed by atoms with Gasteiger partial charge >= 0.3 is 0 Å². The second-order valence-electron chi connectivity index (χ2n) is 7.40. The number of hydrogen-bond acceptors (Lipinski definition) is 4. The fourth-order valence-electron chi connectivity index (χ4n) is 4.20. The minimum absolute atomic E-state index is 0.0720. The van der Waals surface area contributed by atoms with Crippen LogP contribution in [0.1, 0.15) is 51.4 Å². The van der Waals surface area contributed by atoms with Crippen molar-refractivity contribution >= 4 is 15.9 Å². The molecule has 1 atom stereocenters. The van der Waals surface area contributed by atoms with E-state index in [1.165, 1.54) is 4.31 Å². The van der Waals surface area contributed by atoms with Gasteiger partial charge in [-0.2, -0.15) is 4.31 Å². The molecule has 3 fully saturated rings. The first-order valence-electron chi connectivity index (χ1n) is 8.90. The number of aliphatic hydroxyl groups is 1. The van der Waals surface area contributed by atoms with Crippen molar-refractivity contribution in [2.45, 2.75) is 57.0 Å². The number of rotatable bonds is 4. The molecule has 0 spiro atoms. The van der Waals surface area contributed by atoms with E-state index >= 15 is 0 Å². The minimum atomic E-state index is -3.39. The summed E-state index contributed by atoms with van der Waals surface area (Å²) in [7, 11) is -3.39. The van der Waals surface area contributed by atoms with E-state index in [2.05, 4.69) is 0 Å². The molecule has 2 heterocycles. The third-order valence-corrected chi connectivity index (χ3v) is 7.53. The summed E-state index contributed by atoms with van der Waals surface area (Å²) < 4.78 is 26.7. The van der Waals surface area contributed by atoms with Crippen molar-refractivity contribution < 1.29 is 18.3 Å². The highest BCUT2D eigenvalue weighted by molar-refractivity contribution is 7.89. The largest absolute Gasteiger partial charge is 0.379 e. The summed E-state index contributed by atoms with van der Waals surface area (Å²) >= 11 is 0. The Morgan fingerprint density at radius 2 is 1.70 bits per heavy atom. The number of amides is 1. The fourth-order valence-corrected chi connectivity index (χ4v) is 6.16. The summed E-state index contributed by atoms with van der Waals surface area (Å²) in [6.07, 6.45) is 7.00. The van der Waals surface area contributed by atoms with Crippen LogP contribution in [0, 0.1) is 5.92 Å². The van der Waals surface area contributed by atoms with E-state index in [1.807, 2.05) is 0 Å². The zero-order chi connectivity index (χ0) is 16.5. The van der Waals surface area contributed by atoms with Gasteiger partial charge in [-0.1, -0.05) is 12.8 Å². The molecule has 6 nitrogen and oxygen atoms in total. The van der Waals surface area contributed by atoms with Gasteiger partial charge in [-0.3, -0.25) is 4.79 Å². The Morgan fingerprint density at radius 1 is 1.04 bits per heavy atom. The first-order chi connectivity index (χ1) is 10.9. The van der Waals surface area contributed by atoms with Gasteiger partial charge in [0.1, 0.15) is 0 Å². The molecule has 0 aromatic carbocycles. The predicted octanol–water partition coefficient (Wildman–Crippen LogP) is 0.956. The van der Waals surface area contributed by atoms with Crippen molar-refractivity contribution in [3.05, 3.63) is 0 Å². The summed E-state index contributed by atoms with van der Waals surface area (Å²) in [5.41, 5.74) is -1.54. The molecule has 0 aromatic heterocycles. The van der Waals surface area contributed by atoms with Crippen molar-refractivity contribution in [2.24, 2.45) is 5.92 Å². The summed E-state index contributed by atoms with van der Waals surface area (Å²) in [6.45, 7) is 1.70. The monoisotopic (exact) mass is 344 g/mol. The van der Waals surface area contributed by atoms with E-state index in [4.69, 9.17) is 0 Å². The van der Waals surface area contributed by atoms with Crippen LogP contribution >= 0.6 is 0 Å². The van der Waals surface area contributed by atoms with Gasteiger partial charge < -0.3 is 10.0 Å². The van der Waals surface area contributed by atoms with Crippen molar-refractivity contribution in [1.82, 2.24) is 9.21 Å². The molecule has 3 aliphatic rings. The molecule has 1 N–H and O–H groups in total. The smallest absolute Gasteiger partial charge is 0.255 e. The van der Waals surface area contributed by atoms with E-state index < -0.39 is 15.6 Å². The van der Waals surface area contributed by atoms with Crippen LogP contribution in [0.4, 0.5) is 0 Å². The number of nitrogens with zero attached hydrogens (tertiary/aromatic N) is 2. The third-order valence-electron chi connectivity index (χ3n) is 5.54. The number of hydrogen-bond donors (Lipinski definition) is 1. The predicted molar refractivity (Wildman–Crippen MR) is 87.3 cm³/mol. The Bertz CT molecular complexity index is 538. The molecule has 1 amide bonds. The lowest BCUT2D eigenvalue weighted by molar-refractivity contribution is -0.154. The Labute approximate surface area is 138 Å². The molecule has 1 unspecified atom stereocenters. The molecule has 3 rings (SSSR count). The zero-order valence-electron chi connectivity index (χ0n) is 13.7. The molecule has 0 aromatic rings. The van der Waals surface area contributed by atoms with Gasteiger partial charge in [-0.05, 0) is 44.4 Å². The van der Waals surface area contributed by atoms with Crippen LogP contribution in [-0.4, -0.2) is 66.2 Å². The minimum Gasteiger partial charge on any atom is -0.379 e. The van der Waals surface area contributed by atoms with Crippen molar-refractivity contribution in [1.29, 1.82) is 0 Å². The molecule has 1 aliphatic carbocycles. The summed E-state index contributed by atoms with van der Waals surface area (Å²) in [6, 6.07) is 0. The van der Waals surface area contributed by atoms with E-state index in [-0.39, 0.29) is 24.1 Å². The van der Waals surface area contributed by atoms with Gasteiger partial charge in [-0.25, -0.2) is 8.42 Å². The van der Waals surface area contributed by atoms with Gasteiger partial charge in [0, 0.05) is 19.6 Å². The SMILES string of the molecule is O=C(N1CCCC1)C1(O)CCCN(S(=O)(=O)CC2CCCC2)C1. The Morgan fingerprint density at radius 3 is 2.35 bits per heavy atom. The third kappa shape index (κ3) is 3.72. The number of likely N-dealkylation sites (tertiary alicyclic amines) is 1. The summed E-state index contributed by atoms with van der Waals surface area (Å²) in [5, 5.41) is 10.8. The van der Waals surface area contributed by atoms with Crippen LogP contribution < -0.4 is 0 Å². The molecule has 2 saturated heterocycles. The maximum Gasteiger partial charge on any atom is 0.255 e. The first-order valence-corrected chi connectivity index (χ1v) is 10.5. The first kappa shape index (κ1) is 17.2. The van der Waals surface area contributed by atoms with Gasteiger partial charge in [-0.15, -0.1) is 0 Å². The second-order valence-corrected chi connectivity index (χ2v) is 9.41. The average molecular weight is 344 g/mol. The number of β-amino-alcohol motifs (C(OH)–C–C–N with tert-alkyl or cyclic N) is 1. The molecular weight excluding hydrogens is 316 g/mol. The fraction of sp³-hybridized carbons (Fsp3) is 0.938. The van der Waals surface area contributed by atoms with Gasteiger partial charge in [0.05, 0.1) is 12.3 Å². The topological polar surface area (TPSA) is 77.9 Å². The molecule has 132 valence electrons. The number of sulfonamides is 1. The van der Waals surface area contributed by atoms with Crippen LogP contribution in [0.3, 0.4) is 0 Å². The maximum absolute atomic E-state index is 12.7. The van der Waals surface area contributed by atoms with E-state index in [9.17, 15) is 18.3 Å². The highest BCUT2D eigenvalue weighted by Crippen LogP contribution is 2.30. The molecule has 0 radical (unpaired) electrons. The van der Waals surface area contributed by atoms with Crippen LogP contribution in [-0.2, 0) is 14.8 Å². The zero-order valence-corrected chi connectivity index (χ0v) is 14.6. The lowest BCUT2D eigenvalue weighted by Crippen LogP contribution is -2.59. The molecule has 2 aliphatic heterocycles. The van der Waals surface area contributed by atoms with Crippen LogP contribution in [0.5, 0.6) is 0 Å². The number of piperidine rings is 1. The van der Waals surface area contributed by atoms with Gasteiger partial charge in [0.15, 0.2) is 5.60 Å². The molecule has 7 heteroatoms. The highest BCUT2D eigenvalue weighted by Gasteiger charge is 2.46. The van der Waals surface area contributed by atoms with Crippen molar-refractivity contribution in [2.75, 3.05) is 31.9 Å². The Hall–Kier alpha value is -0.660. The molecule has 1 saturated carbocycles. The Kier molecular flexibility index (Phi) is 4.99. The van der Waals surface area contributed by atoms with E-state index in [1.54, 1.807) is 4.90 Å². The normalized spacial score (nSPS) is 30.9. The average Bonchev–Trinajstić information content (AvgIpc) is 3.19. The lowest BCUT2D eigenvalue weighted by Gasteiger charge is -2.39. The maximum atomic E-state index is 12.7.